The Bertz CT molecular complexity index is 1160. The average molecular weight is 558 g/mol. The highest BCUT2D eigenvalue weighted by Crippen LogP contribution is 2.61. The summed E-state index contributed by atoms with van der Waals surface area (Å²) < 4.78 is 1.72. The Morgan fingerprint density at radius 1 is 1.17 bits per heavy atom. The van der Waals surface area contributed by atoms with Crippen LogP contribution in [-0.4, -0.2) is 26.6 Å². The Hall–Kier alpha value is -2.02. The smallest absolute Gasteiger partial charge is 0.283 e. The standard InChI is InChI=1S/C29H41BrN4O2/c1-16(2)23-10-19(11-24(32-23)17(3)4)8-9-21(35)15-34-28(36)27(30)26(14-31-34)33-25-13-20-12-22(18(25)5)29(20,6)7/h10-11,14,16-18,20,22,25,33H,8-9,12-13,15H2,1-7H3/t18-,20-,22+,25-/m1/s1. The Morgan fingerprint density at radius 3 is 2.36 bits per heavy atom. The van der Waals surface area contributed by atoms with Crippen molar-refractivity contribution in [2.75, 3.05) is 5.32 Å². The molecule has 3 fully saturated rings. The molecular formula is C29H41BrN4O2. The molecule has 196 valence electrons. The Morgan fingerprint density at radius 2 is 1.81 bits per heavy atom. The number of nitrogens with one attached hydrogen (secondary N) is 1. The van der Waals surface area contributed by atoms with Crippen molar-refractivity contribution in [3.63, 3.8) is 0 Å². The van der Waals surface area contributed by atoms with Crippen LogP contribution in [0.2, 0.25) is 0 Å². The van der Waals surface area contributed by atoms with E-state index in [1.165, 1.54) is 11.1 Å². The SMILES string of the molecule is CC(C)c1cc(CCC(=O)Cn2ncc(N[C@@H]3C[C@H]4C[C@@H]([C@H]3C)C4(C)C)c(Br)c2=O)cc(C(C)C)n1. The topological polar surface area (TPSA) is 76.9 Å². The second-order valence-electron chi connectivity index (χ2n) is 12.2. The zero-order chi connectivity index (χ0) is 26.4. The molecule has 7 heteroatoms. The molecule has 0 radical (unpaired) electrons. The van der Waals surface area contributed by atoms with Crippen LogP contribution in [0.1, 0.15) is 96.5 Å². The number of ketones is 1. The molecule has 5 rings (SSSR count). The number of fused-ring (bicyclic) bond motifs is 2. The number of anilines is 1. The van der Waals surface area contributed by atoms with Gasteiger partial charge in [-0.05, 0) is 87.9 Å². The van der Waals surface area contributed by atoms with E-state index >= 15 is 0 Å². The van der Waals surface area contributed by atoms with Gasteiger partial charge in [0.25, 0.3) is 5.56 Å². The fourth-order valence-electron chi connectivity index (χ4n) is 6.12. The molecule has 2 heterocycles. The van der Waals surface area contributed by atoms with Crippen molar-refractivity contribution in [1.29, 1.82) is 0 Å². The molecule has 0 unspecified atom stereocenters. The number of pyridine rings is 1. The lowest BCUT2D eigenvalue weighted by atomic mass is 9.45. The minimum atomic E-state index is -0.268. The van der Waals surface area contributed by atoms with Crippen LogP contribution in [0.5, 0.6) is 0 Å². The maximum atomic E-state index is 13.0. The summed E-state index contributed by atoms with van der Waals surface area (Å²) in [4.78, 5) is 30.5. The fourth-order valence-corrected chi connectivity index (χ4v) is 6.54. The molecular weight excluding hydrogens is 516 g/mol. The largest absolute Gasteiger partial charge is 0.380 e. The zero-order valence-electron chi connectivity index (χ0n) is 22.8. The lowest BCUT2D eigenvalue weighted by Gasteiger charge is -2.62. The Labute approximate surface area is 223 Å². The lowest BCUT2D eigenvalue weighted by molar-refractivity contribution is -0.119. The quantitative estimate of drug-likeness (QED) is 0.390. The van der Waals surface area contributed by atoms with E-state index in [2.05, 4.69) is 86.9 Å². The molecule has 0 aromatic carbocycles. The predicted molar refractivity (Wildman–Crippen MR) is 149 cm³/mol. The maximum Gasteiger partial charge on any atom is 0.283 e. The molecule has 36 heavy (non-hydrogen) atoms. The lowest BCUT2D eigenvalue weighted by Crippen LogP contribution is -2.58. The third-order valence-electron chi connectivity index (χ3n) is 8.81. The number of hydrogen-bond acceptors (Lipinski definition) is 5. The summed E-state index contributed by atoms with van der Waals surface area (Å²) in [5.74, 6) is 2.65. The summed E-state index contributed by atoms with van der Waals surface area (Å²) in [5.41, 5.74) is 4.10. The number of carbonyl (C=O) groups excluding carboxylic acids is 1. The summed E-state index contributed by atoms with van der Waals surface area (Å²) in [6.07, 6.45) is 5.11. The minimum Gasteiger partial charge on any atom is -0.380 e. The van der Waals surface area contributed by atoms with Gasteiger partial charge < -0.3 is 5.32 Å². The molecule has 2 aromatic rings. The van der Waals surface area contributed by atoms with Crippen molar-refractivity contribution >= 4 is 27.4 Å². The number of Topliss-reactive ketones (excluding diaryl/α,β-unsaturated/α-hetero) is 1. The van der Waals surface area contributed by atoms with Gasteiger partial charge in [0.2, 0.25) is 0 Å². The van der Waals surface area contributed by atoms with Crippen molar-refractivity contribution in [2.45, 2.75) is 98.6 Å². The van der Waals surface area contributed by atoms with Crippen LogP contribution in [0.4, 0.5) is 5.69 Å². The number of nitrogens with zero attached hydrogens (tertiary/aromatic N) is 3. The molecule has 0 amide bonds. The normalized spacial score (nSPS) is 24.6. The number of rotatable bonds is 9. The first-order valence-electron chi connectivity index (χ1n) is 13.4. The summed E-state index contributed by atoms with van der Waals surface area (Å²) in [5, 5.41) is 7.92. The van der Waals surface area contributed by atoms with Crippen molar-refractivity contribution in [3.8, 4) is 0 Å². The first-order chi connectivity index (χ1) is 16.9. The number of aromatic nitrogens is 3. The Kier molecular flexibility index (Phi) is 7.80. The van der Waals surface area contributed by atoms with E-state index in [1.54, 1.807) is 6.20 Å². The highest BCUT2D eigenvalue weighted by molar-refractivity contribution is 9.10. The van der Waals surface area contributed by atoms with Crippen LogP contribution >= 0.6 is 15.9 Å². The van der Waals surface area contributed by atoms with E-state index in [4.69, 9.17) is 4.98 Å². The van der Waals surface area contributed by atoms with E-state index in [-0.39, 0.29) is 17.9 Å². The summed E-state index contributed by atoms with van der Waals surface area (Å²) in [7, 11) is 0. The van der Waals surface area contributed by atoms with Gasteiger partial charge in [-0.25, -0.2) is 4.68 Å². The number of carbonyl (C=O) groups is 1. The first kappa shape index (κ1) is 27.0. The van der Waals surface area contributed by atoms with Crippen molar-refractivity contribution in [3.05, 3.63) is 50.1 Å². The molecule has 2 aromatic heterocycles. The van der Waals surface area contributed by atoms with E-state index < -0.39 is 0 Å². The monoisotopic (exact) mass is 556 g/mol. The average Bonchev–Trinajstić information content (AvgIpc) is 2.82. The summed E-state index contributed by atoms with van der Waals surface area (Å²) in [6, 6.07) is 4.54. The fraction of sp³-hybridized carbons (Fsp3) is 0.655. The molecule has 1 N–H and O–H groups in total. The van der Waals surface area contributed by atoms with Gasteiger partial charge >= 0.3 is 0 Å². The molecule has 3 aliphatic rings. The van der Waals surface area contributed by atoms with Crippen LogP contribution in [0, 0.1) is 23.2 Å². The minimum absolute atomic E-state index is 0.00515. The highest BCUT2D eigenvalue weighted by Gasteiger charge is 2.56. The highest BCUT2D eigenvalue weighted by atomic mass is 79.9. The van der Waals surface area contributed by atoms with Crippen LogP contribution in [0.15, 0.2) is 27.6 Å². The summed E-state index contributed by atoms with van der Waals surface area (Å²) >= 11 is 3.48. The molecule has 0 saturated heterocycles. The number of hydrogen-bond donors (Lipinski definition) is 1. The van der Waals surface area contributed by atoms with Gasteiger partial charge in [-0.15, -0.1) is 0 Å². The van der Waals surface area contributed by atoms with Crippen molar-refractivity contribution in [2.24, 2.45) is 23.2 Å². The zero-order valence-corrected chi connectivity index (χ0v) is 24.4. The molecule has 2 bridgehead atoms. The van der Waals surface area contributed by atoms with Gasteiger partial charge in [-0.2, -0.15) is 5.10 Å². The van der Waals surface area contributed by atoms with E-state index in [0.29, 0.717) is 52.4 Å². The summed E-state index contributed by atoms with van der Waals surface area (Å²) in [6.45, 7) is 15.6. The second kappa shape index (κ2) is 10.4. The van der Waals surface area contributed by atoms with Crippen LogP contribution in [0.3, 0.4) is 0 Å². The molecule has 6 nitrogen and oxygen atoms in total. The van der Waals surface area contributed by atoms with Gasteiger partial charge in [-0.3, -0.25) is 14.6 Å². The third-order valence-corrected chi connectivity index (χ3v) is 9.57. The van der Waals surface area contributed by atoms with Gasteiger partial charge in [0, 0.05) is 23.9 Å². The van der Waals surface area contributed by atoms with Crippen LogP contribution < -0.4 is 10.9 Å². The van der Waals surface area contributed by atoms with Crippen molar-refractivity contribution < 1.29 is 4.79 Å². The third kappa shape index (κ3) is 5.32. The van der Waals surface area contributed by atoms with E-state index in [1.807, 2.05) is 0 Å². The van der Waals surface area contributed by atoms with Gasteiger partial charge in [0.05, 0.1) is 11.9 Å². The van der Waals surface area contributed by atoms with E-state index in [9.17, 15) is 9.59 Å². The van der Waals surface area contributed by atoms with Gasteiger partial charge in [0.15, 0.2) is 5.78 Å². The van der Waals surface area contributed by atoms with Crippen molar-refractivity contribution in [1.82, 2.24) is 14.8 Å². The predicted octanol–water partition coefficient (Wildman–Crippen LogP) is 6.33. The van der Waals surface area contributed by atoms with Gasteiger partial charge in [0.1, 0.15) is 11.0 Å². The Balaban J connectivity index is 1.39. The maximum absolute atomic E-state index is 13.0. The molecule has 0 aliphatic heterocycles. The van der Waals surface area contributed by atoms with Crippen LogP contribution in [-0.2, 0) is 17.8 Å². The second-order valence-corrected chi connectivity index (χ2v) is 13.0. The first-order valence-corrected chi connectivity index (χ1v) is 14.2. The molecule has 0 spiro atoms. The number of halogens is 1. The molecule has 4 atom stereocenters. The number of aryl methyl sites for hydroxylation is 1. The van der Waals surface area contributed by atoms with Crippen LogP contribution in [0.25, 0.3) is 0 Å². The molecule has 3 saturated carbocycles. The van der Waals surface area contributed by atoms with E-state index in [0.717, 1.165) is 35.0 Å². The van der Waals surface area contributed by atoms with Gasteiger partial charge in [-0.1, -0.05) is 48.5 Å². The molecule has 3 aliphatic carbocycles.